The minimum Gasteiger partial charge on any atom is -0.373 e. The van der Waals surface area contributed by atoms with Gasteiger partial charge in [-0.15, -0.1) is 11.3 Å². The highest BCUT2D eigenvalue weighted by atomic mass is 35.5. The molecule has 0 aliphatic carbocycles. The summed E-state index contributed by atoms with van der Waals surface area (Å²) < 4.78 is 7.03. The van der Waals surface area contributed by atoms with Crippen LogP contribution in [0.2, 0.25) is 5.02 Å². The number of hydrogen-bond donors (Lipinski definition) is 0. The third-order valence-corrected chi connectivity index (χ3v) is 5.85. The van der Waals surface area contributed by atoms with Crippen LogP contribution in [0.25, 0.3) is 20.7 Å². The van der Waals surface area contributed by atoms with Crippen molar-refractivity contribution in [1.82, 2.24) is 14.9 Å². The van der Waals surface area contributed by atoms with Gasteiger partial charge in [0.1, 0.15) is 12.1 Å². The van der Waals surface area contributed by atoms with Gasteiger partial charge >= 0.3 is 0 Å². The number of benzene rings is 1. The molecule has 1 aromatic carbocycles. The molecule has 7 heteroatoms. The van der Waals surface area contributed by atoms with Gasteiger partial charge in [0.05, 0.1) is 22.9 Å². The van der Waals surface area contributed by atoms with E-state index in [1.807, 2.05) is 24.3 Å². The Hall–Kier alpha value is -1.73. The van der Waals surface area contributed by atoms with Crippen molar-refractivity contribution in [2.45, 2.75) is 6.10 Å². The largest absolute Gasteiger partial charge is 0.373 e. The predicted molar refractivity (Wildman–Crippen MR) is 108 cm³/mol. The number of halogens is 1. The zero-order valence-electron chi connectivity index (χ0n) is 14.9. The van der Waals surface area contributed by atoms with Crippen LogP contribution in [0, 0.1) is 0 Å². The molecular weight excluding hydrogens is 368 g/mol. The molecule has 1 aliphatic rings. The van der Waals surface area contributed by atoms with E-state index in [0.717, 1.165) is 52.9 Å². The molecule has 0 saturated carbocycles. The quantitative estimate of drug-likeness (QED) is 0.680. The van der Waals surface area contributed by atoms with Gasteiger partial charge in [0.15, 0.2) is 0 Å². The Bertz CT molecular complexity index is 896. The normalized spacial score (nSPS) is 18.0. The summed E-state index contributed by atoms with van der Waals surface area (Å²) >= 11 is 7.74. The zero-order valence-corrected chi connectivity index (χ0v) is 16.4. The molecule has 1 saturated heterocycles. The number of aromatic nitrogens is 2. The molecule has 1 fully saturated rings. The number of rotatable bonds is 4. The van der Waals surface area contributed by atoms with Crippen molar-refractivity contribution in [1.29, 1.82) is 0 Å². The first kappa shape index (κ1) is 17.7. The third-order valence-electron chi connectivity index (χ3n) is 4.43. The van der Waals surface area contributed by atoms with Gasteiger partial charge in [-0.3, -0.25) is 0 Å². The van der Waals surface area contributed by atoms with Crippen molar-refractivity contribution in [3.05, 3.63) is 41.7 Å². The average molecular weight is 389 g/mol. The highest BCUT2D eigenvalue weighted by Gasteiger charge is 2.24. The number of hydrogen-bond acceptors (Lipinski definition) is 6. The Morgan fingerprint density at radius 1 is 1.27 bits per heavy atom. The number of thiophene rings is 1. The molecule has 4 rings (SSSR count). The molecule has 3 aromatic rings. The van der Waals surface area contributed by atoms with Gasteiger partial charge in [-0.25, -0.2) is 9.97 Å². The molecule has 3 heterocycles. The summed E-state index contributed by atoms with van der Waals surface area (Å²) in [6.07, 6.45) is 1.85. The van der Waals surface area contributed by atoms with Crippen LogP contribution in [0.5, 0.6) is 0 Å². The van der Waals surface area contributed by atoms with Gasteiger partial charge in [0, 0.05) is 29.5 Å². The van der Waals surface area contributed by atoms with Crippen molar-refractivity contribution >= 4 is 39.0 Å². The molecular formula is C19H21ClN4OS. The van der Waals surface area contributed by atoms with Crippen molar-refractivity contribution in [3.63, 3.8) is 0 Å². The standard InChI is InChI=1S/C19H21ClN4OS/c1-23(2)10-15-11-24(7-8-25-15)19-18-16(21-12-22-19)9-17(26-18)13-3-5-14(20)6-4-13/h3-6,9,12,15H,7-8,10-11H2,1-2H3. The average Bonchev–Trinajstić information content (AvgIpc) is 3.06. The summed E-state index contributed by atoms with van der Waals surface area (Å²) in [6, 6.07) is 10.1. The van der Waals surface area contributed by atoms with E-state index in [0.29, 0.717) is 0 Å². The topological polar surface area (TPSA) is 41.5 Å². The Labute approximate surface area is 162 Å². The SMILES string of the molecule is CN(C)CC1CN(c2ncnc3cc(-c4ccc(Cl)cc4)sc23)CCO1. The van der Waals surface area contributed by atoms with E-state index in [1.54, 1.807) is 17.7 Å². The summed E-state index contributed by atoms with van der Waals surface area (Å²) in [4.78, 5) is 14.7. The molecule has 0 spiro atoms. The van der Waals surface area contributed by atoms with Crippen LogP contribution in [0.3, 0.4) is 0 Å². The van der Waals surface area contributed by atoms with Gasteiger partial charge in [-0.2, -0.15) is 0 Å². The van der Waals surface area contributed by atoms with E-state index in [9.17, 15) is 0 Å². The van der Waals surface area contributed by atoms with Crippen LogP contribution in [0.4, 0.5) is 5.82 Å². The lowest BCUT2D eigenvalue weighted by Gasteiger charge is -2.35. The maximum Gasteiger partial charge on any atom is 0.150 e. The Morgan fingerprint density at radius 3 is 2.85 bits per heavy atom. The first-order chi connectivity index (χ1) is 12.6. The maximum atomic E-state index is 6.01. The second-order valence-corrected chi connectivity index (χ2v) is 8.22. The van der Waals surface area contributed by atoms with Crippen LogP contribution >= 0.6 is 22.9 Å². The fourth-order valence-corrected chi connectivity index (χ4v) is 4.51. The van der Waals surface area contributed by atoms with Crippen molar-refractivity contribution in [2.75, 3.05) is 45.2 Å². The van der Waals surface area contributed by atoms with E-state index in [2.05, 4.69) is 39.9 Å². The lowest BCUT2D eigenvalue weighted by atomic mass is 10.2. The van der Waals surface area contributed by atoms with Crippen molar-refractivity contribution in [3.8, 4) is 10.4 Å². The van der Waals surface area contributed by atoms with E-state index in [4.69, 9.17) is 16.3 Å². The second kappa shape index (κ2) is 7.48. The Balaban J connectivity index is 1.66. The highest BCUT2D eigenvalue weighted by molar-refractivity contribution is 7.22. The first-order valence-electron chi connectivity index (χ1n) is 8.62. The lowest BCUT2D eigenvalue weighted by Crippen LogP contribution is -2.46. The minimum atomic E-state index is 0.194. The second-order valence-electron chi connectivity index (χ2n) is 6.73. The third kappa shape index (κ3) is 3.69. The molecule has 1 unspecified atom stereocenters. The van der Waals surface area contributed by atoms with E-state index in [-0.39, 0.29) is 6.10 Å². The van der Waals surface area contributed by atoms with Crippen LogP contribution in [-0.2, 0) is 4.74 Å². The molecule has 0 bridgehead atoms. The fraction of sp³-hybridized carbons (Fsp3) is 0.368. The molecule has 26 heavy (non-hydrogen) atoms. The molecule has 0 N–H and O–H groups in total. The number of fused-ring (bicyclic) bond motifs is 1. The number of ether oxygens (including phenoxy) is 1. The smallest absolute Gasteiger partial charge is 0.150 e. The maximum absolute atomic E-state index is 6.01. The summed E-state index contributed by atoms with van der Waals surface area (Å²) in [5.41, 5.74) is 2.14. The van der Waals surface area contributed by atoms with E-state index >= 15 is 0 Å². The van der Waals surface area contributed by atoms with Crippen LogP contribution in [0.1, 0.15) is 0 Å². The summed E-state index contributed by atoms with van der Waals surface area (Å²) in [5.74, 6) is 1.01. The monoisotopic (exact) mass is 388 g/mol. The molecule has 0 radical (unpaired) electrons. The van der Waals surface area contributed by atoms with E-state index < -0.39 is 0 Å². The molecule has 1 aliphatic heterocycles. The summed E-state index contributed by atoms with van der Waals surface area (Å²) in [7, 11) is 4.14. The molecule has 136 valence electrons. The number of anilines is 1. The van der Waals surface area contributed by atoms with Crippen molar-refractivity contribution in [2.24, 2.45) is 0 Å². The van der Waals surface area contributed by atoms with Gasteiger partial charge < -0.3 is 14.5 Å². The molecule has 1 atom stereocenters. The van der Waals surface area contributed by atoms with Crippen LogP contribution in [-0.4, -0.2) is 61.3 Å². The number of likely N-dealkylation sites (N-methyl/N-ethyl adjacent to an activating group) is 1. The highest BCUT2D eigenvalue weighted by Crippen LogP contribution is 2.37. The number of morpholine rings is 1. The minimum absolute atomic E-state index is 0.194. The lowest BCUT2D eigenvalue weighted by molar-refractivity contribution is 0.0246. The molecule has 5 nitrogen and oxygen atoms in total. The Morgan fingerprint density at radius 2 is 2.08 bits per heavy atom. The van der Waals surface area contributed by atoms with Gasteiger partial charge in [-0.05, 0) is 37.9 Å². The van der Waals surface area contributed by atoms with Crippen LogP contribution in [0.15, 0.2) is 36.7 Å². The van der Waals surface area contributed by atoms with Gasteiger partial charge in [-0.1, -0.05) is 23.7 Å². The number of nitrogens with zero attached hydrogens (tertiary/aromatic N) is 4. The first-order valence-corrected chi connectivity index (χ1v) is 9.81. The molecule has 0 amide bonds. The van der Waals surface area contributed by atoms with Crippen molar-refractivity contribution < 1.29 is 4.74 Å². The Kier molecular flexibility index (Phi) is 5.09. The van der Waals surface area contributed by atoms with Gasteiger partial charge in [0.2, 0.25) is 0 Å². The van der Waals surface area contributed by atoms with E-state index in [1.165, 1.54) is 4.88 Å². The van der Waals surface area contributed by atoms with Crippen LogP contribution < -0.4 is 4.90 Å². The molecule has 2 aromatic heterocycles. The van der Waals surface area contributed by atoms with Gasteiger partial charge in [0.25, 0.3) is 0 Å². The zero-order chi connectivity index (χ0) is 18.1. The summed E-state index contributed by atoms with van der Waals surface area (Å²) in [6.45, 7) is 3.33. The predicted octanol–water partition coefficient (Wildman–Crippen LogP) is 3.78. The summed E-state index contributed by atoms with van der Waals surface area (Å²) in [5, 5.41) is 0.746. The fourth-order valence-electron chi connectivity index (χ4n) is 3.25.